The molecule has 1 aliphatic heterocycles. The zero-order valence-corrected chi connectivity index (χ0v) is 15.6. The Labute approximate surface area is 157 Å². The number of hydrogen-bond acceptors (Lipinski definition) is 2. The van der Waals surface area contributed by atoms with Gasteiger partial charge in [0, 0.05) is 18.0 Å². The fraction of sp³-hybridized carbons (Fsp3) is 0.500. The molecule has 1 saturated heterocycles. The van der Waals surface area contributed by atoms with E-state index in [1.807, 2.05) is 0 Å². The maximum absolute atomic E-state index is 6.05. The summed E-state index contributed by atoms with van der Waals surface area (Å²) < 4.78 is 0. The molecule has 2 aromatic carbocycles. The van der Waals surface area contributed by atoms with E-state index in [1.165, 1.54) is 49.9 Å². The normalized spacial score (nSPS) is 31.0. The Morgan fingerprint density at radius 3 is 2.50 bits per heavy atom. The van der Waals surface area contributed by atoms with Gasteiger partial charge in [0.2, 0.25) is 0 Å². The SMILES string of the molecule is NC1CC(c2ccc3c(c2)[C@@H](Cc2ccccc2)[C@@H](N2CCC2)CC3)C1. The first-order valence-corrected chi connectivity index (χ1v) is 10.4. The number of fused-ring (bicyclic) bond motifs is 1. The number of nitrogens with zero attached hydrogens (tertiary/aromatic N) is 1. The van der Waals surface area contributed by atoms with E-state index < -0.39 is 0 Å². The minimum Gasteiger partial charge on any atom is -0.328 e. The van der Waals surface area contributed by atoms with Crippen LogP contribution < -0.4 is 5.73 Å². The standard InChI is InChI=1S/C24H30N2/c25-21-14-20(15-21)19-8-7-18-9-10-24(26-11-4-12-26)23(22(18)16-19)13-17-5-2-1-3-6-17/h1-3,5-8,16,20-21,23-24H,4,9-15,25H2/t20?,21?,23-,24+/m1/s1. The Morgan fingerprint density at radius 1 is 1.00 bits per heavy atom. The highest BCUT2D eigenvalue weighted by Crippen LogP contribution is 2.42. The first-order chi connectivity index (χ1) is 12.8. The Bertz CT molecular complexity index is 759. The molecule has 2 nitrogen and oxygen atoms in total. The Balaban J connectivity index is 1.48. The van der Waals surface area contributed by atoms with Crippen LogP contribution in [0.25, 0.3) is 0 Å². The summed E-state index contributed by atoms with van der Waals surface area (Å²) in [5.41, 5.74) is 12.3. The highest BCUT2D eigenvalue weighted by Gasteiger charge is 2.36. The van der Waals surface area contributed by atoms with Gasteiger partial charge in [-0.2, -0.15) is 0 Å². The highest BCUT2D eigenvalue weighted by atomic mass is 15.2. The summed E-state index contributed by atoms with van der Waals surface area (Å²) in [5, 5.41) is 0. The third-order valence-electron chi connectivity index (χ3n) is 7.05. The van der Waals surface area contributed by atoms with Crippen molar-refractivity contribution in [3.05, 3.63) is 70.8 Å². The minimum atomic E-state index is 0.421. The van der Waals surface area contributed by atoms with E-state index in [0.717, 1.165) is 18.9 Å². The summed E-state index contributed by atoms with van der Waals surface area (Å²) in [4.78, 5) is 2.74. The molecule has 0 radical (unpaired) electrons. The molecule has 1 saturated carbocycles. The average Bonchev–Trinajstić information content (AvgIpc) is 2.60. The lowest BCUT2D eigenvalue weighted by Gasteiger charge is -2.46. The number of benzene rings is 2. The molecule has 2 heteroatoms. The lowest BCUT2D eigenvalue weighted by molar-refractivity contribution is 0.0876. The molecule has 0 unspecified atom stereocenters. The van der Waals surface area contributed by atoms with Crippen LogP contribution in [0.1, 0.15) is 59.8 Å². The molecular formula is C24H30N2. The van der Waals surface area contributed by atoms with Crippen LogP contribution >= 0.6 is 0 Å². The molecule has 0 spiro atoms. The van der Waals surface area contributed by atoms with Crippen molar-refractivity contribution in [3.63, 3.8) is 0 Å². The van der Waals surface area contributed by atoms with Crippen LogP contribution in [-0.4, -0.2) is 30.1 Å². The van der Waals surface area contributed by atoms with Gasteiger partial charge in [0.1, 0.15) is 0 Å². The second-order valence-corrected chi connectivity index (χ2v) is 8.68. The first-order valence-electron chi connectivity index (χ1n) is 10.4. The van der Waals surface area contributed by atoms with E-state index in [-0.39, 0.29) is 0 Å². The predicted octanol–water partition coefficient (Wildman–Crippen LogP) is 4.24. The molecule has 1 heterocycles. The molecule has 0 aromatic heterocycles. The summed E-state index contributed by atoms with van der Waals surface area (Å²) >= 11 is 0. The van der Waals surface area contributed by atoms with E-state index in [0.29, 0.717) is 17.9 Å². The molecule has 0 amide bonds. The largest absolute Gasteiger partial charge is 0.328 e. The van der Waals surface area contributed by atoms with Gasteiger partial charge in [-0.25, -0.2) is 0 Å². The number of aryl methyl sites for hydroxylation is 1. The van der Waals surface area contributed by atoms with E-state index >= 15 is 0 Å². The van der Waals surface area contributed by atoms with Crippen molar-refractivity contribution >= 4 is 0 Å². The molecule has 2 aliphatic carbocycles. The minimum absolute atomic E-state index is 0.421. The maximum Gasteiger partial charge on any atom is 0.0170 e. The molecule has 136 valence electrons. The van der Waals surface area contributed by atoms with Crippen LogP contribution in [0, 0.1) is 0 Å². The molecule has 2 N–H and O–H groups in total. The van der Waals surface area contributed by atoms with Gasteiger partial charge in [-0.3, -0.25) is 4.90 Å². The highest BCUT2D eigenvalue weighted by molar-refractivity contribution is 5.41. The fourth-order valence-electron chi connectivity index (χ4n) is 5.31. The molecule has 2 fully saturated rings. The monoisotopic (exact) mass is 346 g/mol. The Hall–Kier alpha value is -1.64. The molecule has 26 heavy (non-hydrogen) atoms. The van der Waals surface area contributed by atoms with Gasteiger partial charge in [0.25, 0.3) is 0 Å². The summed E-state index contributed by atoms with van der Waals surface area (Å²) in [5.74, 6) is 1.33. The average molecular weight is 347 g/mol. The molecule has 2 atom stereocenters. The smallest absolute Gasteiger partial charge is 0.0170 e. The third kappa shape index (κ3) is 3.00. The van der Waals surface area contributed by atoms with Gasteiger partial charge in [-0.15, -0.1) is 0 Å². The van der Waals surface area contributed by atoms with Crippen molar-refractivity contribution in [3.8, 4) is 0 Å². The first kappa shape index (κ1) is 16.5. The quantitative estimate of drug-likeness (QED) is 0.897. The predicted molar refractivity (Wildman–Crippen MR) is 108 cm³/mol. The van der Waals surface area contributed by atoms with Gasteiger partial charge in [0.05, 0.1) is 0 Å². The zero-order valence-electron chi connectivity index (χ0n) is 15.6. The fourth-order valence-corrected chi connectivity index (χ4v) is 5.31. The number of hydrogen-bond donors (Lipinski definition) is 1. The summed E-state index contributed by atoms with van der Waals surface area (Å²) in [6.07, 6.45) is 7.43. The van der Waals surface area contributed by atoms with Gasteiger partial charge in [0.15, 0.2) is 0 Å². The van der Waals surface area contributed by atoms with Crippen molar-refractivity contribution in [2.24, 2.45) is 5.73 Å². The summed E-state index contributed by atoms with van der Waals surface area (Å²) in [7, 11) is 0. The van der Waals surface area contributed by atoms with E-state index in [1.54, 1.807) is 11.1 Å². The van der Waals surface area contributed by atoms with Gasteiger partial charge in [-0.1, -0.05) is 48.5 Å². The second kappa shape index (κ2) is 6.83. The van der Waals surface area contributed by atoms with Gasteiger partial charge in [-0.05, 0) is 79.8 Å². The van der Waals surface area contributed by atoms with Crippen LogP contribution in [0.4, 0.5) is 0 Å². The van der Waals surface area contributed by atoms with E-state index in [4.69, 9.17) is 5.73 Å². The molecule has 2 aromatic rings. The van der Waals surface area contributed by atoms with Crippen LogP contribution in [0.2, 0.25) is 0 Å². The molecule has 3 aliphatic rings. The van der Waals surface area contributed by atoms with Crippen LogP contribution in [0.15, 0.2) is 48.5 Å². The summed E-state index contributed by atoms with van der Waals surface area (Å²) in [6, 6.07) is 19.6. The van der Waals surface area contributed by atoms with Gasteiger partial charge < -0.3 is 5.73 Å². The summed E-state index contributed by atoms with van der Waals surface area (Å²) in [6.45, 7) is 2.59. The maximum atomic E-state index is 6.05. The van der Waals surface area contributed by atoms with Crippen molar-refractivity contribution in [1.29, 1.82) is 0 Å². The molecular weight excluding hydrogens is 316 g/mol. The van der Waals surface area contributed by atoms with Crippen LogP contribution in [0.5, 0.6) is 0 Å². The lowest BCUT2D eigenvalue weighted by Crippen LogP contribution is -2.50. The second-order valence-electron chi connectivity index (χ2n) is 8.68. The van der Waals surface area contributed by atoms with E-state index in [9.17, 15) is 0 Å². The number of nitrogens with two attached hydrogens (primary N) is 1. The topological polar surface area (TPSA) is 29.3 Å². The Kier molecular flexibility index (Phi) is 4.34. The molecule has 5 rings (SSSR count). The van der Waals surface area contributed by atoms with Crippen molar-refractivity contribution in [1.82, 2.24) is 4.90 Å². The van der Waals surface area contributed by atoms with E-state index in [2.05, 4.69) is 53.4 Å². The lowest BCUT2D eigenvalue weighted by atomic mass is 9.71. The van der Waals surface area contributed by atoms with Crippen molar-refractivity contribution < 1.29 is 0 Å². The Morgan fingerprint density at radius 2 is 1.81 bits per heavy atom. The number of rotatable bonds is 4. The van der Waals surface area contributed by atoms with Crippen LogP contribution in [0.3, 0.4) is 0 Å². The van der Waals surface area contributed by atoms with Crippen LogP contribution in [-0.2, 0) is 12.8 Å². The number of likely N-dealkylation sites (tertiary alicyclic amines) is 1. The van der Waals surface area contributed by atoms with Crippen molar-refractivity contribution in [2.45, 2.75) is 62.4 Å². The van der Waals surface area contributed by atoms with Gasteiger partial charge >= 0.3 is 0 Å². The third-order valence-corrected chi connectivity index (χ3v) is 7.05. The molecule has 0 bridgehead atoms. The zero-order chi connectivity index (χ0) is 17.5. The van der Waals surface area contributed by atoms with Crippen molar-refractivity contribution in [2.75, 3.05) is 13.1 Å².